The van der Waals surface area contributed by atoms with Gasteiger partial charge in [-0.3, -0.25) is 19.8 Å². The largest absolute Gasteiger partial charge is 0.342 e. The van der Waals surface area contributed by atoms with E-state index in [1.54, 1.807) is 13.2 Å². The molecule has 0 bridgehead atoms. The Kier molecular flexibility index (Phi) is 6.17. The van der Waals surface area contributed by atoms with Crippen LogP contribution >= 0.6 is 0 Å². The number of aryl methyl sites for hydroxylation is 1. The van der Waals surface area contributed by atoms with Crippen LogP contribution in [0, 0.1) is 5.92 Å². The lowest BCUT2D eigenvalue weighted by Gasteiger charge is -2.37. The zero-order chi connectivity index (χ0) is 20.9. The second kappa shape index (κ2) is 9.16. The van der Waals surface area contributed by atoms with Crippen LogP contribution in [-0.2, 0) is 11.2 Å². The van der Waals surface area contributed by atoms with Crippen LogP contribution < -0.4 is 0 Å². The number of benzene rings is 1. The number of likely N-dealkylation sites (tertiary alicyclic amines) is 1. The van der Waals surface area contributed by atoms with Gasteiger partial charge in [-0.05, 0) is 42.0 Å². The molecule has 1 saturated heterocycles. The topological polar surface area (TPSA) is 58.5 Å². The summed E-state index contributed by atoms with van der Waals surface area (Å²) in [6.07, 6.45) is 9.64. The summed E-state index contributed by atoms with van der Waals surface area (Å²) in [6.45, 7) is 3.84. The molecule has 0 saturated carbocycles. The summed E-state index contributed by atoms with van der Waals surface area (Å²) < 4.78 is 0. The molecule has 3 aromatic rings. The van der Waals surface area contributed by atoms with Crippen molar-refractivity contribution >= 4 is 23.0 Å². The van der Waals surface area contributed by atoms with Crippen LogP contribution in [0.5, 0.6) is 0 Å². The number of hydrogen-bond donors (Lipinski definition) is 0. The number of aromatic nitrogens is 2. The zero-order valence-corrected chi connectivity index (χ0v) is 17.7. The molecule has 2 aromatic heterocycles. The SMILES string of the molecule is C/N=C/c1ccc(C2CC(C)CN(C(=O)CCc3cccnc3)C2)c2cccnc12. The van der Waals surface area contributed by atoms with Gasteiger partial charge in [-0.25, -0.2) is 0 Å². The summed E-state index contributed by atoms with van der Waals surface area (Å²) in [7, 11) is 1.78. The van der Waals surface area contributed by atoms with Crippen molar-refractivity contribution < 1.29 is 4.79 Å². The highest BCUT2D eigenvalue weighted by molar-refractivity contribution is 5.99. The fraction of sp³-hybridized carbons (Fsp3) is 0.360. The number of amides is 1. The van der Waals surface area contributed by atoms with Crippen LogP contribution in [0.4, 0.5) is 0 Å². The molecule has 1 aromatic carbocycles. The van der Waals surface area contributed by atoms with Crippen LogP contribution in [0.15, 0.2) is 60.0 Å². The quantitative estimate of drug-likeness (QED) is 0.601. The molecule has 154 valence electrons. The first-order valence-electron chi connectivity index (χ1n) is 10.6. The Labute approximate surface area is 177 Å². The Morgan fingerprint density at radius 3 is 2.87 bits per heavy atom. The second-order valence-electron chi connectivity index (χ2n) is 8.23. The third-order valence-corrected chi connectivity index (χ3v) is 5.91. The molecule has 0 N–H and O–H groups in total. The molecule has 5 heteroatoms. The number of aliphatic imine (C=N–C) groups is 1. The van der Waals surface area contributed by atoms with E-state index in [2.05, 4.69) is 45.0 Å². The number of carbonyl (C=O) groups excluding carboxylic acids is 1. The summed E-state index contributed by atoms with van der Waals surface area (Å²) in [5.74, 6) is 1.01. The summed E-state index contributed by atoms with van der Waals surface area (Å²) in [6, 6.07) is 12.4. The molecule has 2 atom stereocenters. The minimum absolute atomic E-state index is 0.229. The minimum Gasteiger partial charge on any atom is -0.342 e. The molecule has 0 spiro atoms. The molecule has 2 unspecified atom stereocenters. The lowest BCUT2D eigenvalue weighted by Crippen LogP contribution is -2.42. The standard InChI is InChI=1S/C25H28N4O/c1-18-13-21(17-29(16-18)24(30)10-7-19-5-3-11-27-14-19)22-9-8-20(15-26-2)25-23(22)6-4-12-28-25/h3-6,8-9,11-12,14-15,18,21H,7,10,13,16-17H2,1-2H3/b26-15+. The number of carbonyl (C=O) groups is 1. The summed E-state index contributed by atoms with van der Waals surface area (Å²) >= 11 is 0. The highest BCUT2D eigenvalue weighted by Crippen LogP contribution is 2.35. The van der Waals surface area contributed by atoms with Gasteiger partial charge in [0.1, 0.15) is 0 Å². The van der Waals surface area contributed by atoms with Gasteiger partial charge in [0.15, 0.2) is 0 Å². The molecule has 1 aliphatic heterocycles. The summed E-state index contributed by atoms with van der Waals surface area (Å²) in [4.78, 5) is 28.0. The maximum absolute atomic E-state index is 13.0. The monoisotopic (exact) mass is 400 g/mol. The normalized spacial score (nSPS) is 19.5. The Balaban J connectivity index is 1.55. The van der Waals surface area contributed by atoms with Crippen LogP contribution in [0.3, 0.4) is 0 Å². The average molecular weight is 401 g/mol. The molecule has 1 amide bonds. The van der Waals surface area contributed by atoms with Gasteiger partial charge in [-0.2, -0.15) is 0 Å². The van der Waals surface area contributed by atoms with Gasteiger partial charge in [0.05, 0.1) is 5.52 Å². The summed E-state index contributed by atoms with van der Waals surface area (Å²) in [5.41, 5.74) is 4.40. The lowest BCUT2D eigenvalue weighted by atomic mass is 9.83. The fourth-order valence-electron chi connectivity index (χ4n) is 4.55. The van der Waals surface area contributed by atoms with E-state index in [4.69, 9.17) is 0 Å². The fourth-order valence-corrected chi connectivity index (χ4v) is 4.55. The molecular weight excluding hydrogens is 372 g/mol. The number of pyridine rings is 2. The van der Waals surface area contributed by atoms with Crippen molar-refractivity contribution in [3.63, 3.8) is 0 Å². The van der Waals surface area contributed by atoms with Gasteiger partial charge >= 0.3 is 0 Å². The molecule has 1 fully saturated rings. The minimum atomic E-state index is 0.229. The van der Waals surface area contributed by atoms with Crippen molar-refractivity contribution in [3.05, 3.63) is 71.7 Å². The molecule has 3 heterocycles. The van der Waals surface area contributed by atoms with E-state index in [0.29, 0.717) is 18.3 Å². The Bertz CT molecular complexity index is 1050. The van der Waals surface area contributed by atoms with Gasteiger partial charge in [-0.15, -0.1) is 0 Å². The first kappa shape index (κ1) is 20.2. The molecule has 30 heavy (non-hydrogen) atoms. The highest BCUT2D eigenvalue weighted by Gasteiger charge is 2.29. The number of hydrogen-bond acceptors (Lipinski definition) is 4. The molecular formula is C25H28N4O. The van der Waals surface area contributed by atoms with E-state index >= 15 is 0 Å². The van der Waals surface area contributed by atoms with E-state index in [-0.39, 0.29) is 5.91 Å². The van der Waals surface area contributed by atoms with Gasteiger partial charge in [0, 0.05) is 68.2 Å². The van der Waals surface area contributed by atoms with Gasteiger partial charge in [0.25, 0.3) is 0 Å². The van der Waals surface area contributed by atoms with Crippen LogP contribution in [0.2, 0.25) is 0 Å². The van der Waals surface area contributed by atoms with Gasteiger partial charge in [0.2, 0.25) is 5.91 Å². The maximum Gasteiger partial charge on any atom is 0.222 e. The predicted octanol–water partition coefficient (Wildman–Crippen LogP) is 4.26. The third kappa shape index (κ3) is 4.40. The smallest absolute Gasteiger partial charge is 0.222 e. The first-order valence-corrected chi connectivity index (χ1v) is 10.6. The Hall–Kier alpha value is -3.08. The number of nitrogens with zero attached hydrogens (tertiary/aromatic N) is 4. The van der Waals surface area contributed by atoms with Crippen molar-refractivity contribution in [2.75, 3.05) is 20.1 Å². The zero-order valence-electron chi connectivity index (χ0n) is 17.7. The van der Waals surface area contributed by atoms with Gasteiger partial charge < -0.3 is 4.90 Å². The van der Waals surface area contributed by atoms with E-state index in [1.165, 1.54) is 5.56 Å². The third-order valence-electron chi connectivity index (χ3n) is 5.91. The Morgan fingerprint density at radius 1 is 1.20 bits per heavy atom. The highest BCUT2D eigenvalue weighted by atomic mass is 16.2. The van der Waals surface area contributed by atoms with Crippen molar-refractivity contribution in [1.29, 1.82) is 0 Å². The van der Waals surface area contributed by atoms with Crippen LogP contribution in [0.1, 0.15) is 42.4 Å². The maximum atomic E-state index is 13.0. The molecule has 5 nitrogen and oxygen atoms in total. The summed E-state index contributed by atoms with van der Waals surface area (Å²) in [5, 5.41) is 1.16. The van der Waals surface area contributed by atoms with E-state index < -0.39 is 0 Å². The van der Waals surface area contributed by atoms with E-state index in [0.717, 1.165) is 48.0 Å². The first-order chi connectivity index (χ1) is 14.7. The Morgan fingerprint density at radius 2 is 2.07 bits per heavy atom. The predicted molar refractivity (Wildman–Crippen MR) is 121 cm³/mol. The molecule has 4 rings (SSSR count). The number of rotatable bonds is 5. The number of fused-ring (bicyclic) bond motifs is 1. The van der Waals surface area contributed by atoms with E-state index in [1.807, 2.05) is 36.8 Å². The van der Waals surface area contributed by atoms with Crippen LogP contribution in [0.25, 0.3) is 10.9 Å². The van der Waals surface area contributed by atoms with Crippen molar-refractivity contribution in [1.82, 2.24) is 14.9 Å². The van der Waals surface area contributed by atoms with Crippen molar-refractivity contribution in [3.8, 4) is 0 Å². The van der Waals surface area contributed by atoms with Crippen molar-refractivity contribution in [2.24, 2.45) is 10.9 Å². The van der Waals surface area contributed by atoms with Crippen molar-refractivity contribution in [2.45, 2.75) is 32.1 Å². The molecule has 0 radical (unpaired) electrons. The number of piperidine rings is 1. The average Bonchev–Trinajstić information content (AvgIpc) is 2.78. The molecule has 1 aliphatic rings. The second-order valence-corrected chi connectivity index (χ2v) is 8.23. The molecule has 0 aliphatic carbocycles. The van der Waals surface area contributed by atoms with Crippen LogP contribution in [-0.4, -0.2) is 47.1 Å². The lowest BCUT2D eigenvalue weighted by molar-refractivity contribution is -0.133. The van der Waals surface area contributed by atoms with E-state index in [9.17, 15) is 4.79 Å². The van der Waals surface area contributed by atoms with Gasteiger partial charge in [-0.1, -0.05) is 31.2 Å².